The first-order valence-electron chi connectivity index (χ1n) is 12.6. The number of pyridine rings is 1. The van der Waals surface area contributed by atoms with E-state index < -0.39 is 4.92 Å². The van der Waals surface area contributed by atoms with Crippen LogP contribution in [0, 0.1) is 23.0 Å². The minimum absolute atomic E-state index is 0.0317. The van der Waals surface area contributed by atoms with E-state index in [1.54, 1.807) is 18.3 Å². The number of nitrogens with one attached hydrogen (secondary N) is 2. The molecule has 0 bridgehead atoms. The van der Waals surface area contributed by atoms with Crippen LogP contribution in [0.5, 0.6) is 0 Å². The van der Waals surface area contributed by atoms with Gasteiger partial charge in [-0.2, -0.15) is 0 Å². The molecule has 3 heterocycles. The highest BCUT2D eigenvalue weighted by molar-refractivity contribution is 7.80. The van der Waals surface area contributed by atoms with Gasteiger partial charge in [0, 0.05) is 53.2 Å². The summed E-state index contributed by atoms with van der Waals surface area (Å²) < 4.78 is 2.01. The molecule has 0 unspecified atom stereocenters. The third-order valence-corrected chi connectivity index (χ3v) is 7.11. The van der Waals surface area contributed by atoms with Crippen LogP contribution in [0.2, 0.25) is 0 Å². The number of nitro groups is 1. The number of benzene rings is 2. The second-order valence-electron chi connectivity index (χ2n) is 9.72. The standard InChI is InChI=1S/C29H28N6O3S/c1-18(2)28(36)31-23-14-13-22(17-19(23)3)34-27(26(32-29(34)39)24-7-4-5-15-30-24)25-8-6-16-33(25)20-9-11-21(12-10-20)35(37)38/h4-18,26-27H,1-3H3,(H,31,36)(H,32,39)/t26-,27-/m0/s1. The average molecular weight is 541 g/mol. The van der Waals surface area contributed by atoms with Gasteiger partial charge in [-0.05, 0) is 79.3 Å². The summed E-state index contributed by atoms with van der Waals surface area (Å²) in [4.78, 5) is 29.8. The van der Waals surface area contributed by atoms with Crippen molar-refractivity contribution in [2.75, 3.05) is 10.2 Å². The van der Waals surface area contributed by atoms with Crippen LogP contribution < -0.4 is 15.5 Å². The van der Waals surface area contributed by atoms with Gasteiger partial charge in [0.1, 0.15) is 6.04 Å². The predicted octanol–water partition coefficient (Wildman–Crippen LogP) is 5.86. The Morgan fingerprint density at radius 2 is 1.82 bits per heavy atom. The van der Waals surface area contributed by atoms with Crippen LogP contribution >= 0.6 is 12.2 Å². The number of carbonyl (C=O) groups is 1. The second kappa shape index (κ2) is 10.7. The Hall–Kier alpha value is -4.57. The molecule has 2 N–H and O–H groups in total. The topological polar surface area (TPSA) is 105 Å². The molecule has 0 spiro atoms. The van der Waals surface area contributed by atoms with Crippen molar-refractivity contribution >= 4 is 40.3 Å². The molecular weight excluding hydrogens is 512 g/mol. The van der Waals surface area contributed by atoms with Crippen LogP contribution in [-0.4, -0.2) is 25.5 Å². The second-order valence-corrected chi connectivity index (χ2v) is 10.1. The number of nitro benzene ring substituents is 1. The summed E-state index contributed by atoms with van der Waals surface area (Å²) in [7, 11) is 0. The maximum Gasteiger partial charge on any atom is 0.269 e. The van der Waals surface area contributed by atoms with E-state index in [0.717, 1.165) is 34.0 Å². The number of amides is 1. The smallest absolute Gasteiger partial charge is 0.269 e. The molecule has 10 heteroatoms. The minimum atomic E-state index is -0.409. The van der Waals surface area contributed by atoms with Crippen molar-refractivity contribution in [3.05, 3.63) is 112 Å². The highest BCUT2D eigenvalue weighted by Gasteiger charge is 2.42. The fraction of sp³-hybridized carbons (Fsp3) is 0.207. The molecule has 1 aliphatic heterocycles. The van der Waals surface area contributed by atoms with E-state index in [1.807, 2.05) is 80.1 Å². The van der Waals surface area contributed by atoms with Gasteiger partial charge in [0.25, 0.3) is 5.69 Å². The zero-order valence-corrected chi connectivity index (χ0v) is 22.6. The quantitative estimate of drug-likeness (QED) is 0.172. The third-order valence-electron chi connectivity index (χ3n) is 6.79. The molecule has 2 atom stereocenters. The van der Waals surface area contributed by atoms with Crippen LogP contribution in [-0.2, 0) is 4.79 Å². The molecule has 39 heavy (non-hydrogen) atoms. The van der Waals surface area contributed by atoms with Crippen molar-refractivity contribution in [2.45, 2.75) is 32.9 Å². The molecule has 9 nitrogen and oxygen atoms in total. The minimum Gasteiger partial charge on any atom is -0.351 e. The fourth-order valence-corrected chi connectivity index (χ4v) is 5.10. The summed E-state index contributed by atoms with van der Waals surface area (Å²) in [6.45, 7) is 5.67. The Kier molecular flexibility index (Phi) is 7.12. The molecule has 0 saturated carbocycles. The van der Waals surface area contributed by atoms with Crippen molar-refractivity contribution in [2.24, 2.45) is 5.92 Å². The van der Waals surface area contributed by atoms with Crippen molar-refractivity contribution < 1.29 is 9.72 Å². The van der Waals surface area contributed by atoms with Crippen molar-refractivity contribution in [3.8, 4) is 5.69 Å². The van der Waals surface area contributed by atoms with Gasteiger partial charge in [-0.1, -0.05) is 19.9 Å². The van der Waals surface area contributed by atoms with Gasteiger partial charge in [0.2, 0.25) is 5.91 Å². The molecule has 2 aromatic heterocycles. The van der Waals surface area contributed by atoms with Gasteiger partial charge in [0.15, 0.2) is 5.11 Å². The number of hydrogen-bond donors (Lipinski definition) is 2. The van der Waals surface area contributed by atoms with Gasteiger partial charge in [0.05, 0.1) is 16.7 Å². The monoisotopic (exact) mass is 540 g/mol. The molecule has 1 fully saturated rings. The molecule has 5 rings (SSSR count). The van der Waals surface area contributed by atoms with Gasteiger partial charge < -0.3 is 20.1 Å². The zero-order chi connectivity index (χ0) is 27.7. The molecule has 2 aromatic carbocycles. The highest BCUT2D eigenvalue weighted by Crippen LogP contribution is 2.43. The number of aryl methyl sites for hydroxylation is 1. The lowest BCUT2D eigenvalue weighted by Crippen LogP contribution is -2.30. The van der Waals surface area contributed by atoms with Gasteiger partial charge in [-0.3, -0.25) is 19.9 Å². The highest BCUT2D eigenvalue weighted by atomic mass is 32.1. The summed E-state index contributed by atoms with van der Waals surface area (Å²) in [6, 6.07) is 21.5. The van der Waals surface area contributed by atoms with E-state index in [9.17, 15) is 14.9 Å². The Labute approximate surface area is 231 Å². The number of rotatable bonds is 7. The number of non-ortho nitro benzene ring substituents is 1. The van der Waals surface area contributed by atoms with E-state index in [-0.39, 0.29) is 29.6 Å². The molecule has 1 aliphatic rings. The normalized spacial score (nSPS) is 16.8. The van der Waals surface area contributed by atoms with Crippen molar-refractivity contribution in [1.82, 2.24) is 14.9 Å². The number of thiocarbonyl (C=S) groups is 1. The number of anilines is 2. The van der Waals surface area contributed by atoms with Crippen LogP contribution in [0.15, 0.2) is 85.2 Å². The molecule has 4 aromatic rings. The zero-order valence-electron chi connectivity index (χ0n) is 21.7. The number of carbonyl (C=O) groups excluding carboxylic acids is 1. The van der Waals surface area contributed by atoms with Crippen LogP contribution in [0.4, 0.5) is 17.1 Å². The maximum absolute atomic E-state index is 12.3. The van der Waals surface area contributed by atoms with E-state index in [2.05, 4.69) is 20.5 Å². The number of nitrogens with zero attached hydrogens (tertiary/aromatic N) is 4. The van der Waals surface area contributed by atoms with Crippen molar-refractivity contribution in [1.29, 1.82) is 0 Å². The summed E-state index contributed by atoms with van der Waals surface area (Å²) >= 11 is 5.87. The molecule has 0 radical (unpaired) electrons. The Morgan fingerprint density at radius 1 is 1.08 bits per heavy atom. The molecule has 0 aliphatic carbocycles. The van der Waals surface area contributed by atoms with E-state index in [0.29, 0.717) is 5.11 Å². The van der Waals surface area contributed by atoms with E-state index in [1.165, 1.54) is 12.1 Å². The molecule has 1 saturated heterocycles. The summed E-state index contributed by atoms with van der Waals surface area (Å²) in [5.41, 5.74) is 5.12. The Bertz CT molecular complexity index is 1530. The first-order valence-corrected chi connectivity index (χ1v) is 13.0. The number of aromatic nitrogens is 2. The fourth-order valence-electron chi connectivity index (χ4n) is 4.75. The van der Waals surface area contributed by atoms with E-state index in [4.69, 9.17) is 12.2 Å². The maximum atomic E-state index is 12.3. The molecule has 1 amide bonds. The van der Waals surface area contributed by atoms with Gasteiger partial charge >= 0.3 is 0 Å². The first-order chi connectivity index (χ1) is 18.7. The van der Waals surface area contributed by atoms with Gasteiger partial charge in [-0.25, -0.2) is 0 Å². The van der Waals surface area contributed by atoms with Crippen LogP contribution in [0.3, 0.4) is 0 Å². The summed E-state index contributed by atoms with van der Waals surface area (Å²) in [5, 5.41) is 18.2. The van der Waals surface area contributed by atoms with Gasteiger partial charge in [-0.15, -0.1) is 0 Å². The Morgan fingerprint density at radius 3 is 2.46 bits per heavy atom. The lowest BCUT2D eigenvalue weighted by atomic mass is 10.00. The van der Waals surface area contributed by atoms with Crippen LogP contribution in [0.1, 0.15) is 42.9 Å². The van der Waals surface area contributed by atoms with Crippen molar-refractivity contribution in [3.63, 3.8) is 0 Å². The largest absolute Gasteiger partial charge is 0.351 e. The lowest BCUT2D eigenvalue weighted by molar-refractivity contribution is -0.384. The third kappa shape index (κ3) is 5.10. The number of hydrogen-bond acceptors (Lipinski definition) is 5. The molecular formula is C29H28N6O3S. The average Bonchev–Trinajstić information content (AvgIpc) is 3.54. The SMILES string of the molecule is Cc1cc(N2C(=S)N[C@@H](c3ccccn3)[C@@H]2c2cccn2-c2ccc([N+](=O)[O-])cc2)ccc1NC(=O)C(C)C. The summed E-state index contributed by atoms with van der Waals surface area (Å²) in [6.07, 6.45) is 3.69. The van der Waals surface area contributed by atoms with Crippen LogP contribution in [0.25, 0.3) is 5.69 Å². The first kappa shape index (κ1) is 26.1. The molecule has 198 valence electrons. The summed E-state index contributed by atoms with van der Waals surface area (Å²) in [5.74, 6) is -0.173. The lowest BCUT2D eigenvalue weighted by Gasteiger charge is -2.29. The predicted molar refractivity (Wildman–Crippen MR) is 155 cm³/mol. The Balaban J connectivity index is 1.59. The van der Waals surface area contributed by atoms with E-state index >= 15 is 0 Å².